The Labute approximate surface area is 210 Å². The Bertz CT molecular complexity index is 1350. The second kappa shape index (κ2) is 9.41. The quantitative estimate of drug-likeness (QED) is 0.270. The summed E-state index contributed by atoms with van der Waals surface area (Å²) in [7, 11) is 0. The van der Waals surface area contributed by atoms with Gasteiger partial charge in [0.1, 0.15) is 29.3 Å². The molecule has 1 atom stereocenters. The minimum Gasteiger partial charge on any atom is -0.457 e. The number of anilines is 1. The van der Waals surface area contributed by atoms with E-state index in [1.54, 1.807) is 0 Å². The zero-order valence-electron chi connectivity index (χ0n) is 18.4. The van der Waals surface area contributed by atoms with Crippen LogP contribution in [-0.4, -0.2) is 43.6 Å². The molecule has 2 aromatic heterocycles. The third-order valence-corrected chi connectivity index (χ3v) is 6.35. The summed E-state index contributed by atoms with van der Waals surface area (Å²) in [6.07, 6.45) is 3.22. The smallest absolute Gasteiger partial charge is 0.259 e. The van der Waals surface area contributed by atoms with Gasteiger partial charge in [0.25, 0.3) is 5.91 Å². The van der Waals surface area contributed by atoms with Crippen LogP contribution < -0.4 is 10.5 Å². The Morgan fingerprint density at radius 2 is 1.82 bits per heavy atom. The standard InChI is InChI=1S/C25H23IN6O2/c1-16(26)25(33)31-13-5-6-18(14-31)32-24-21(23(27)28-15-29-24)22(30-32)17-9-11-20(12-10-17)34-19-7-3-2-4-8-19/h2-4,7-12,15,18H,1,5-6,13-14H2,(H2,27,28,29). The summed E-state index contributed by atoms with van der Waals surface area (Å²) in [5.41, 5.74) is 8.54. The molecular weight excluding hydrogens is 543 g/mol. The van der Waals surface area contributed by atoms with Gasteiger partial charge in [0.2, 0.25) is 0 Å². The molecular formula is C25H23IN6O2. The molecule has 3 heterocycles. The number of amides is 1. The van der Waals surface area contributed by atoms with Gasteiger partial charge in [0, 0.05) is 18.7 Å². The Morgan fingerprint density at radius 3 is 2.56 bits per heavy atom. The van der Waals surface area contributed by atoms with Crippen LogP contribution in [0.3, 0.4) is 0 Å². The predicted molar refractivity (Wildman–Crippen MR) is 140 cm³/mol. The first-order valence-corrected chi connectivity index (χ1v) is 12.0. The van der Waals surface area contributed by atoms with Crippen LogP contribution in [0.5, 0.6) is 11.5 Å². The maximum Gasteiger partial charge on any atom is 0.259 e. The molecule has 0 saturated carbocycles. The number of ether oxygens (including phenoxy) is 1. The number of carbonyl (C=O) groups is 1. The first-order chi connectivity index (χ1) is 16.5. The van der Waals surface area contributed by atoms with Crippen LogP contribution in [0, 0.1) is 0 Å². The molecule has 1 fully saturated rings. The molecule has 9 heteroatoms. The number of fused-ring (bicyclic) bond motifs is 1. The van der Waals surface area contributed by atoms with Crippen molar-refractivity contribution >= 4 is 45.3 Å². The summed E-state index contributed by atoms with van der Waals surface area (Å²) in [5, 5.41) is 5.64. The molecule has 8 nitrogen and oxygen atoms in total. The van der Waals surface area contributed by atoms with Crippen molar-refractivity contribution in [2.75, 3.05) is 18.8 Å². The van der Waals surface area contributed by atoms with Gasteiger partial charge in [0.05, 0.1) is 15.0 Å². The van der Waals surface area contributed by atoms with E-state index in [1.165, 1.54) is 6.33 Å². The Balaban J connectivity index is 1.49. The zero-order valence-corrected chi connectivity index (χ0v) is 20.6. The van der Waals surface area contributed by atoms with Crippen molar-refractivity contribution in [3.05, 3.63) is 71.1 Å². The van der Waals surface area contributed by atoms with Crippen LogP contribution in [0.2, 0.25) is 0 Å². The molecule has 34 heavy (non-hydrogen) atoms. The van der Waals surface area contributed by atoms with E-state index in [4.69, 9.17) is 15.6 Å². The molecule has 1 saturated heterocycles. The van der Waals surface area contributed by atoms with Gasteiger partial charge in [0.15, 0.2) is 5.65 Å². The number of nitrogen functional groups attached to an aromatic ring is 1. The van der Waals surface area contributed by atoms with Crippen molar-refractivity contribution in [2.24, 2.45) is 0 Å². The predicted octanol–water partition coefficient (Wildman–Crippen LogP) is 4.98. The van der Waals surface area contributed by atoms with Gasteiger partial charge in [-0.3, -0.25) is 4.79 Å². The lowest BCUT2D eigenvalue weighted by Gasteiger charge is -2.32. The van der Waals surface area contributed by atoms with Crippen LogP contribution in [0.1, 0.15) is 18.9 Å². The number of hydrogen-bond acceptors (Lipinski definition) is 6. The number of carbonyl (C=O) groups excluding carboxylic acids is 1. The number of para-hydroxylation sites is 1. The normalized spacial score (nSPS) is 15.9. The van der Waals surface area contributed by atoms with Crippen LogP contribution in [0.4, 0.5) is 5.82 Å². The third-order valence-electron chi connectivity index (χ3n) is 5.89. The van der Waals surface area contributed by atoms with Gasteiger partial charge >= 0.3 is 0 Å². The number of nitrogens with zero attached hydrogens (tertiary/aromatic N) is 5. The average molecular weight is 566 g/mol. The van der Waals surface area contributed by atoms with E-state index in [0.717, 1.165) is 29.9 Å². The van der Waals surface area contributed by atoms with Gasteiger partial charge in [-0.05, 0) is 71.8 Å². The fraction of sp³-hybridized carbons (Fsp3) is 0.200. The average Bonchev–Trinajstić information content (AvgIpc) is 3.26. The number of halogens is 1. The van der Waals surface area contributed by atoms with Crippen molar-refractivity contribution < 1.29 is 9.53 Å². The van der Waals surface area contributed by atoms with E-state index >= 15 is 0 Å². The van der Waals surface area contributed by atoms with Gasteiger partial charge in [-0.25, -0.2) is 14.6 Å². The first kappa shape index (κ1) is 22.3. The highest BCUT2D eigenvalue weighted by Crippen LogP contribution is 2.35. The van der Waals surface area contributed by atoms with Gasteiger partial charge in [-0.2, -0.15) is 5.10 Å². The lowest BCUT2D eigenvalue weighted by Crippen LogP contribution is -2.40. The second-order valence-electron chi connectivity index (χ2n) is 8.14. The number of aromatic nitrogens is 4. The summed E-state index contributed by atoms with van der Waals surface area (Å²) in [6, 6.07) is 17.3. The van der Waals surface area contributed by atoms with Crippen molar-refractivity contribution in [2.45, 2.75) is 18.9 Å². The first-order valence-electron chi connectivity index (χ1n) is 11.0. The minimum atomic E-state index is -0.0369. The number of rotatable bonds is 5. The Morgan fingerprint density at radius 1 is 1.09 bits per heavy atom. The summed E-state index contributed by atoms with van der Waals surface area (Å²) in [4.78, 5) is 23.1. The molecule has 5 rings (SSSR count). The fourth-order valence-corrected chi connectivity index (χ4v) is 4.61. The van der Waals surface area contributed by atoms with Crippen molar-refractivity contribution in [1.29, 1.82) is 0 Å². The van der Waals surface area contributed by atoms with Crippen LogP contribution in [0.15, 0.2) is 71.1 Å². The highest BCUT2D eigenvalue weighted by atomic mass is 127. The molecule has 1 amide bonds. The van der Waals surface area contributed by atoms with Gasteiger partial charge in [-0.15, -0.1) is 0 Å². The summed E-state index contributed by atoms with van der Waals surface area (Å²) >= 11 is 1.98. The maximum absolute atomic E-state index is 12.5. The lowest BCUT2D eigenvalue weighted by atomic mass is 10.1. The van der Waals surface area contributed by atoms with Gasteiger partial charge < -0.3 is 15.4 Å². The van der Waals surface area contributed by atoms with Crippen molar-refractivity contribution in [3.63, 3.8) is 0 Å². The number of hydrogen-bond donors (Lipinski definition) is 1. The zero-order chi connectivity index (χ0) is 23.7. The van der Waals surface area contributed by atoms with Crippen LogP contribution in [-0.2, 0) is 4.79 Å². The SMILES string of the molecule is C=C(I)C(=O)N1CCCC(n2nc(-c3ccc(Oc4ccccc4)cc3)c3c(N)ncnc32)C1. The largest absolute Gasteiger partial charge is 0.457 e. The molecule has 2 aromatic carbocycles. The van der Waals surface area contributed by atoms with E-state index in [-0.39, 0.29) is 11.9 Å². The van der Waals surface area contributed by atoms with Crippen LogP contribution in [0.25, 0.3) is 22.3 Å². The number of likely N-dealkylation sites (tertiary alicyclic amines) is 1. The lowest BCUT2D eigenvalue weighted by molar-refractivity contribution is -0.127. The Kier molecular flexibility index (Phi) is 6.18. The summed E-state index contributed by atoms with van der Waals surface area (Å²) in [6.45, 7) is 5.05. The van der Waals surface area contributed by atoms with E-state index in [1.807, 2.05) is 86.8 Å². The number of nitrogens with two attached hydrogens (primary N) is 1. The Hall–Kier alpha value is -3.47. The maximum atomic E-state index is 12.5. The molecule has 0 radical (unpaired) electrons. The third kappa shape index (κ3) is 4.35. The minimum absolute atomic E-state index is 0.0142. The highest BCUT2D eigenvalue weighted by Gasteiger charge is 2.29. The van der Waals surface area contributed by atoms with E-state index in [9.17, 15) is 4.79 Å². The van der Waals surface area contributed by atoms with Gasteiger partial charge in [-0.1, -0.05) is 24.8 Å². The molecule has 0 aliphatic carbocycles. The number of benzene rings is 2. The van der Waals surface area contributed by atoms with E-state index in [2.05, 4.69) is 16.5 Å². The topological polar surface area (TPSA) is 99.2 Å². The van der Waals surface area contributed by atoms with Crippen molar-refractivity contribution in [3.8, 4) is 22.8 Å². The van der Waals surface area contributed by atoms with E-state index in [0.29, 0.717) is 39.2 Å². The molecule has 1 aliphatic rings. The van der Waals surface area contributed by atoms with Crippen LogP contribution >= 0.6 is 22.6 Å². The second-order valence-corrected chi connectivity index (χ2v) is 9.44. The fourth-order valence-electron chi connectivity index (χ4n) is 4.27. The van der Waals surface area contributed by atoms with Crippen molar-refractivity contribution in [1.82, 2.24) is 24.6 Å². The molecule has 1 unspecified atom stereocenters. The molecule has 0 bridgehead atoms. The molecule has 172 valence electrons. The molecule has 0 spiro atoms. The summed E-state index contributed by atoms with van der Waals surface area (Å²) < 4.78 is 8.32. The van der Waals surface area contributed by atoms with E-state index < -0.39 is 0 Å². The molecule has 2 N–H and O–H groups in total. The summed E-state index contributed by atoms with van der Waals surface area (Å²) in [5.74, 6) is 1.84. The highest BCUT2D eigenvalue weighted by molar-refractivity contribution is 14.1. The molecule has 1 aliphatic heterocycles. The monoisotopic (exact) mass is 566 g/mol. The number of piperidine rings is 1. The molecule has 4 aromatic rings.